The molecule has 0 bridgehead atoms. The fourth-order valence-electron chi connectivity index (χ4n) is 2.24. The lowest BCUT2D eigenvalue weighted by atomic mass is 9.98. The van der Waals surface area contributed by atoms with Crippen LogP contribution in [0.25, 0.3) is 0 Å². The van der Waals surface area contributed by atoms with Gasteiger partial charge in [0, 0.05) is 12.1 Å². The van der Waals surface area contributed by atoms with E-state index in [9.17, 15) is 0 Å². The molecule has 5 nitrogen and oxygen atoms in total. The molecular weight excluding hydrogens is 190 g/mol. The van der Waals surface area contributed by atoms with Crippen LogP contribution in [0.4, 0.5) is 11.9 Å². The van der Waals surface area contributed by atoms with E-state index < -0.39 is 0 Å². The van der Waals surface area contributed by atoms with Gasteiger partial charge in [-0.1, -0.05) is 0 Å². The van der Waals surface area contributed by atoms with Crippen molar-refractivity contribution in [3.63, 3.8) is 0 Å². The fourth-order valence-corrected chi connectivity index (χ4v) is 2.24. The van der Waals surface area contributed by atoms with Crippen molar-refractivity contribution in [3.8, 4) is 0 Å². The van der Waals surface area contributed by atoms with Gasteiger partial charge in [0.25, 0.3) is 0 Å². The molecule has 2 unspecified atom stereocenters. The van der Waals surface area contributed by atoms with Crippen molar-refractivity contribution >= 4 is 11.9 Å². The molecule has 2 heterocycles. The topological polar surface area (TPSA) is 67.9 Å². The number of hydrogen-bond acceptors (Lipinski definition) is 5. The third kappa shape index (κ3) is 2.00. The van der Waals surface area contributed by atoms with Crippen LogP contribution in [0.15, 0.2) is 6.33 Å². The minimum atomic E-state index is 0.296. The van der Waals surface area contributed by atoms with Crippen LogP contribution in [0.1, 0.15) is 33.1 Å². The molecule has 0 spiro atoms. The van der Waals surface area contributed by atoms with Crippen molar-refractivity contribution in [2.75, 3.05) is 10.6 Å². The molecule has 0 amide bonds. The third-order valence-corrected chi connectivity index (χ3v) is 3.00. The summed E-state index contributed by atoms with van der Waals surface area (Å²) in [6, 6.07) is 0.964. The van der Waals surface area contributed by atoms with Gasteiger partial charge in [0.1, 0.15) is 6.33 Å². The Hall–Kier alpha value is -1.39. The van der Waals surface area contributed by atoms with Gasteiger partial charge in [-0.05, 0) is 33.1 Å². The molecule has 1 fully saturated rings. The van der Waals surface area contributed by atoms with Crippen LogP contribution in [-0.4, -0.2) is 27.0 Å². The first kappa shape index (κ1) is 10.1. The van der Waals surface area contributed by atoms with Crippen molar-refractivity contribution in [1.29, 1.82) is 0 Å². The lowest BCUT2D eigenvalue weighted by molar-refractivity contribution is 0.407. The van der Waals surface area contributed by atoms with Gasteiger partial charge in [0.2, 0.25) is 11.9 Å². The number of aromatic nitrogens is 3. The highest BCUT2D eigenvalue weighted by atomic mass is 15.3. The number of rotatable bonds is 1. The number of nitrogens with zero attached hydrogens (tertiary/aromatic N) is 4. The van der Waals surface area contributed by atoms with Gasteiger partial charge >= 0.3 is 0 Å². The lowest BCUT2D eigenvalue weighted by Gasteiger charge is -2.38. The molecule has 2 atom stereocenters. The Morgan fingerprint density at radius 3 is 2.53 bits per heavy atom. The number of hydrogen-bond donors (Lipinski definition) is 1. The Balaban J connectivity index is 2.27. The maximum Gasteiger partial charge on any atom is 0.230 e. The Labute approximate surface area is 89.7 Å². The maximum atomic E-state index is 5.57. The highest BCUT2D eigenvalue weighted by Gasteiger charge is 2.26. The number of nitrogens with two attached hydrogens (primary N) is 1. The monoisotopic (exact) mass is 207 g/mol. The predicted molar refractivity (Wildman–Crippen MR) is 59.5 cm³/mol. The molecule has 2 rings (SSSR count). The van der Waals surface area contributed by atoms with Crippen LogP contribution in [0, 0.1) is 0 Å². The average Bonchev–Trinajstić information content (AvgIpc) is 2.17. The molecule has 1 aromatic heterocycles. The van der Waals surface area contributed by atoms with Crippen molar-refractivity contribution in [2.24, 2.45) is 0 Å². The first-order valence-electron chi connectivity index (χ1n) is 5.41. The van der Waals surface area contributed by atoms with E-state index in [0.29, 0.717) is 24.0 Å². The highest BCUT2D eigenvalue weighted by Crippen LogP contribution is 2.26. The second kappa shape index (κ2) is 4.00. The summed E-state index contributed by atoms with van der Waals surface area (Å²) in [5, 5.41) is 0. The van der Waals surface area contributed by atoms with E-state index in [1.807, 2.05) is 0 Å². The molecule has 15 heavy (non-hydrogen) atoms. The molecule has 82 valence electrons. The molecule has 0 saturated carbocycles. The number of anilines is 2. The van der Waals surface area contributed by atoms with E-state index in [2.05, 4.69) is 33.7 Å². The largest absolute Gasteiger partial charge is 0.368 e. The minimum absolute atomic E-state index is 0.296. The van der Waals surface area contributed by atoms with Crippen LogP contribution in [0.3, 0.4) is 0 Å². The Morgan fingerprint density at radius 2 is 1.93 bits per heavy atom. The molecule has 0 radical (unpaired) electrons. The number of piperidine rings is 1. The van der Waals surface area contributed by atoms with E-state index in [1.165, 1.54) is 25.6 Å². The van der Waals surface area contributed by atoms with Gasteiger partial charge in [0.05, 0.1) is 0 Å². The summed E-state index contributed by atoms with van der Waals surface area (Å²) in [5.74, 6) is 1.01. The molecule has 0 aliphatic carbocycles. The molecule has 1 aromatic rings. The van der Waals surface area contributed by atoms with Crippen molar-refractivity contribution in [1.82, 2.24) is 15.0 Å². The lowest BCUT2D eigenvalue weighted by Crippen LogP contribution is -2.44. The standard InChI is InChI=1S/C10H17N5/c1-7-4-3-5-8(2)15(7)10-13-6-12-9(11)14-10/h6-8H,3-5H2,1-2H3,(H2,11,12,13,14). The first-order chi connectivity index (χ1) is 7.18. The smallest absolute Gasteiger partial charge is 0.230 e. The van der Waals surface area contributed by atoms with Crippen LogP contribution in [0.5, 0.6) is 0 Å². The highest BCUT2D eigenvalue weighted by molar-refractivity contribution is 5.36. The van der Waals surface area contributed by atoms with Crippen LogP contribution in [-0.2, 0) is 0 Å². The second-order valence-electron chi connectivity index (χ2n) is 4.18. The summed E-state index contributed by atoms with van der Waals surface area (Å²) in [6.45, 7) is 4.41. The molecule has 1 aliphatic heterocycles. The zero-order valence-corrected chi connectivity index (χ0v) is 9.22. The van der Waals surface area contributed by atoms with Crippen molar-refractivity contribution in [2.45, 2.75) is 45.2 Å². The fraction of sp³-hybridized carbons (Fsp3) is 0.700. The predicted octanol–water partition coefficient (Wildman–Crippen LogP) is 1.22. The summed E-state index contributed by atoms with van der Waals surface area (Å²) in [4.78, 5) is 14.4. The SMILES string of the molecule is CC1CCCC(C)N1c1ncnc(N)n1. The van der Waals surface area contributed by atoms with E-state index in [4.69, 9.17) is 5.73 Å². The zero-order valence-electron chi connectivity index (χ0n) is 9.22. The van der Waals surface area contributed by atoms with Gasteiger partial charge in [0.15, 0.2) is 0 Å². The minimum Gasteiger partial charge on any atom is -0.368 e. The Kier molecular flexibility index (Phi) is 2.70. The molecule has 1 saturated heterocycles. The second-order valence-corrected chi connectivity index (χ2v) is 4.18. The summed E-state index contributed by atoms with van der Waals surface area (Å²) < 4.78 is 0. The first-order valence-corrected chi connectivity index (χ1v) is 5.41. The van der Waals surface area contributed by atoms with Gasteiger partial charge < -0.3 is 10.6 Å². The molecular formula is C10H17N5. The summed E-state index contributed by atoms with van der Waals surface area (Å²) in [6.07, 6.45) is 5.14. The van der Waals surface area contributed by atoms with Gasteiger partial charge in [-0.25, -0.2) is 9.97 Å². The molecule has 2 N–H and O–H groups in total. The Morgan fingerprint density at radius 1 is 1.27 bits per heavy atom. The zero-order chi connectivity index (χ0) is 10.8. The quantitative estimate of drug-likeness (QED) is 0.750. The molecule has 1 aliphatic rings. The third-order valence-electron chi connectivity index (χ3n) is 3.00. The van der Waals surface area contributed by atoms with Gasteiger partial charge in [-0.15, -0.1) is 0 Å². The maximum absolute atomic E-state index is 5.57. The van der Waals surface area contributed by atoms with E-state index in [1.54, 1.807) is 0 Å². The van der Waals surface area contributed by atoms with Crippen molar-refractivity contribution < 1.29 is 0 Å². The van der Waals surface area contributed by atoms with Crippen molar-refractivity contribution in [3.05, 3.63) is 6.33 Å². The molecule has 5 heteroatoms. The normalized spacial score (nSPS) is 26.7. The number of nitrogen functional groups attached to an aromatic ring is 1. The summed E-state index contributed by atoms with van der Waals surface area (Å²) >= 11 is 0. The van der Waals surface area contributed by atoms with Crippen LogP contribution < -0.4 is 10.6 Å². The average molecular weight is 207 g/mol. The summed E-state index contributed by atoms with van der Waals surface area (Å²) in [7, 11) is 0. The Bertz CT molecular complexity index is 330. The van der Waals surface area contributed by atoms with E-state index in [0.717, 1.165) is 0 Å². The van der Waals surface area contributed by atoms with Crippen LogP contribution >= 0.6 is 0 Å². The van der Waals surface area contributed by atoms with Gasteiger partial charge in [-0.2, -0.15) is 4.98 Å². The summed E-state index contributed by atoms with van der Waals surface area (Å²) in [5.41, 5.74) is 5.57. The molecule has 0 aromatic carbocycles. The van der Waals surface area contributed by atoms with E-state index in [-0.39, 0.29) is 0 Å². The van der Waals surface area contributed by atoms with Crippen LogP contribution in [0.2, 0.25) is 0 Å². The van der Waals surface area contributed by atoms with E-state index >= 15 is 0 Å². The van der Waals surface area contributed by atoms with Gasteiger partial charge in [-0.3, -0.25) is 0 Å².